The highest BCUT2D eigenvalue weighted by Gasteiger charge is 2.27. The smallest absolute Gasteiger partial charge is 0.347 e. The van der Waals surface area contributed by atoms with Crippen LogP contribution in [0.2, 0.25) is 0 Å². The quantitative estimate of drug-likeness (QED) is 0.453. The van der Waals surface area contributed by atoms with Crippen molar-refractivity contribution in [2.45, 2.75) is 32.3 Å². The molecule has 0 N–H and O–H groups in total. The van der Waals surface area contributed by atoms with Crippen molar-refractivity contribution in [3.05, 3.63) is 0 Å². The van der Waals surface area contributed by atoms with E-state index in [1.54, 1.807) is 6.92 Å². The first-order chi connectivity index (χ1) is 9.44. The number of rotatable bonds is 8. The van der Waals surface area contributed by atoms with Gasteiger partial charge >= 0.3 is 23.9 Å². The summed E-state index contributed by atoms with van der Waals surface area (Å²) in [6.45, 7) is 1.85. The predicted molar refractivity (Wildman–Crippen MR) is 64.4 cm³/mol. The molecule has 0 unspecified atom stereocenters. The van der Waals surface area contributed by atoms with E-state index in [2.05, 4.69) is 14.2 Å². The molecule has 0 rings (SSSR count). The summed E-state index contributed by atoms with van der Waals surface area (Å²) < 4.78 is 18.2. The van der Waals surface area contributed by atoms with Gasteiger partial charge in [0.05, 0.1) is 40.1 Å². The van der Waals surface area contributed by atoms with Gasteiger partial charge in [0, 0.05) is 0 Å². The highest BCUT2D eigenvalue weighted by molar-refractivity contribution is 5.85. The largest absolute Gasteiger partial charge is 0.469 e. The SMILES string of the molecule is CCOC(=O)CCC(=O)O[C@H](CC(=O)OC)C(=O)OC. The van der Waals surface area contributed by atoms with E-state index in [0.29, 0.717) is 0 Å². The number of hydrogen-bond donors (Lipinski definition) is 0. The lowest BCUT2D eigenvalue weighted by Crippen LogP contribution is -2.31. The summed E-state index contributed by atoms with van der Waals surface area (Å²) in [6.07, 6.45) is -2.26. The van der Waals surface area contributed by atoms with Gasteiger partial charge in [0.25, 0.3) is 0 Å². The molecule has 114 valence electrons. The standard InChI is InChI=1S/C12H18O8/c1-4-19-9(13)5-6-10(14)20-8(12(16)18-3)7-11(15)17-2/h8H,4-7H2,1-3H3/t8-/m1/s1. The van der Waals surface area contributed by atoms with E-state index in [4.69, 9.17) is 4.74 Å². The van der Waals surface area contributed by atoms with Crippen LogP contribution in [0.3, 0.4) is 0 Å². The Hall–Kier alpha value is -2.12. The Morgan fingerprint density at radius 3 is 2.00 bits per heavy atom. The molecule has 20 heavy (non-hydrogen) atoms. The lowest BCUT2D eigenvalue weighted by molar-refractivity contribution is -0.170. The molecule has 8 nitrogen and oxygen atoms in total. The van der Waals surface area contributed by atoms with Crippen LogP contribution in [0.1, 0.15) is 26.2 Å². The molecular weight excluding hydrogens is 272 g/mol. The maximum atomic E-state index is 11.5. The highest BCUT2D eigenvalue weighted by Crippen LogP contribution is 2.06. The summed E-state index contributed by atoms with van der Waals surface area (Å²) >= 11 is 0. The zero-order valence-corrected chi connectivity index (χ0v) is 11.7. The second-order valence-electron chi connectivity index (χ2n) is 3.59. The van der Waals surface area contributed by atoms with E-state index in [0.717, 1.165) is 14.2 Å². The normalized spacial score (nSPS) is 11.2. The number of ether oxygens (including phenoxy) is 4. The minimum atomic E-state index is -1.39. The molecule has 0 heterocycles. The van der Waals surface area contributed by atoms with Gasteiger partial charge in [0.1, 0.15) is 0 Å². The summed E-state index contributed by atoms with van der Waals surface area (Å²) in [5.74, 6) is -2.96. The number of hydrogen-bond acceptors (Lipinski definition) is 8. The molecule has 0 aliphatic heterocycles. The molecule has 0 aromatic carbocycles. The van der Waals surface area contributed by atoms with Gasteiger partial charge in [0.2, 0.25) is 6.10 Å². The van der Waals surface area contributed by atoms with E-state index >= 15 is 0 Å². The fourth-order valence-electron chi connectivity index (χ4n) is 1.19. The Morgan fingerprint density at radius 1 is 0.900 bits per heavy atom. The molecule has 0 bridgehead atoms. The third kappa shape index (κ3) is 7.34. The van der Waals surface area contributed by atoms with Gasteiger partial charge < -0.3 is 18.9 Å². The van der Waals surface area contributed by atoms with Crippen LogP contribution in [0.25, 0.3) is 0 Å². The Bertz CT molecular complexity index is 362. The fraction of sp³-hybridized carbons (Fsp3) is 0.667. The summed E-state index contributed by atoms with van der Waals surface area (Å²) in [4.78, 5) is 44.9. The van der Waals surface area contributed by atoms with Gasteiger partial charge in [0.15, 0.2) is 0 Å². The maximum absolute atomic E-state index is 11.5. The summed E-state index contributed by atoms with van der Waals surface area (Å²) in [6, 6.07) is 0. The van der Waals surface area contributed by atoms with Crippen LogP contribution < -0.4 is 0 Å². The summed E-state index contributed by atoms with van der Waals surface area (Å²) in [7, 11) is 2.23. The van der Waals surface area contributed by atoms with Crippen molar-refractivity contribution in [2.75, 3.05) is 20.8 Å². The molecule has 1 atom stereocenters. The number of carbonyl (C=O) groups is 4. The fourth-order valence-corrected chi connectivity index (χ4v) is 1.19. The topological polar surface area (TPSA) is 105 Å². The number of carbonyl (C=O) groups excluding carboxylic acids is 4. The summed E-state index contributed by atoms with van der Waals surface area (Å²) in [5.41, 5.74) is 0. The van der Waals surface area contributed by atoms with Crippen LogP contribution in [0.4, 0.5) is 0 Å². The average molecular weight is 290 g/mol. The number of methoxy groups -OCH3 is 2. The maximum Gasteiger partial charge on any atom is 0.347 e. The summed E-state index contributed by atoms with van der Waals surface area (Å²) in [5, 5.41) is 0. The van der Waals surface area contributed by atoms with E-state index in [9.17, 15) is 19.2 Å². The first-order valence-corrected chi connectivity index (χ1v) is 5.94. The lowest BCUT2D eigenvalue weighted by Gasteiger charge is -2.14. The first-order valence-electron chi connectivity index (χ1n) is 5.94. The van der Waals surface area contributed by atoms with Crippen LogP contribution >= 0.6 is 0 Å². The van der Waals surface area contributed by atoms with Crippen LogP contribution in [-0.4, -0.2) is 50.8 Å². The van der Waals surface area contributed by atoms with Crippen molar-refractivity contribution in [3.63, 3.8) is 0 Å². The van der Waals surface area contributed by atoms with Gasteiger partial charge in [-0.3, -0.25) is 14.4 Å². The van der Waals surface area contributed by atoms with Gasteiger partial charge in [-0.25, -0.2) is 4.79 Å². The zero-order valence-electron chi connectivity index (χ0n) is 11.7. The van der Waals surface area contributed by atoms with Crippen LogP contribution in [-0.2, 0) is 38.1 Å². The molecular formula is C12H18O8. The van der Waals surface area contributed by atoms with Gasteiger partial charge in [-0.15, -0.1) is 0 Å². The van der Waals surface area contributed by atoms with E-state index in [1.807, 2.05) is 0 Å². The van der Waals surface area contributed by atoms with Gasteiger partial charge in [-0.05, 0) is 6.92 Å². The van der Waals surface area contributed by atoms with Gasteiger partial charge in [-0.1, -0.05) is 0 Å². The Morgan fingerprint density at radius 2 is 1.50 bits per heavy atom. The van der Waals surface area contributed by atoms with Gasteiger partial charge in [-0.2, -0.15) is 0 Å². The van der Waals surface area contributed by atoms with Crippen molar-refractivity contribution in [1.29, 1.82) is 0 Å². The molecule has 0 aromatic heterocycles. The molecule has 0 aliphatic carbocycles. The number of esters is 4. The van der Waals surface area contributed by atoms with Crippen molar-refractivity contribution in [2.24, 2.45) is 0 Å². The monoisotopic (exact) mass is 290 g/mol. The lowest BCUT2D eigenvalue weighted by atomic mass is 10.2. The van der Waals surface area contributed by atoms with E-state index < -0.39 is 36.4 Å². The highest BCUT2D eigenvalue weighted by atomic mass is 16.6. The van der Waals surface area contributed by atoms with Crippen LogP contribution in [0.5, 0.6) is 0 Å². The first kappa shape index (κ1) is 17.9. The molecule has 0 radical (unpaired) electrons. The van der Waals surface area contributed by atoms with Crippen LogP contribution in [0, 0.1) is 0 Å². The Balaban J connectivity index is 4.35. The van der Waals surface area contributed by atoms with E-state index in [-0.39, 0.29) is 19.4 Å². The molecule has 0 saturated carbocycles. The molecule has 0 saturated heterocycles. The Labute approximate surface area is 116 Å². The molecule has 0 aliphatic rings. The minimum Gasteiger partial charge on any atom is -0.469 e. The molecule has 8 heteroatoms. The molecule has 0 spiro atoms. The predicted octanol–water partition coefficient (Wildman–Crippen LogP) is -0.0224. The molecule has 0 aromatic rings. The Kier molecular flexibility index (Phi) is 8.73. The van der Waals surface area contributed by atoms with Crippen molar-refractivity contribution in [1.82, 2.24) is 0 Å². The second kappa shape index (κ2) is 9.76. The third-order valence-electron chi connectivity index (χ3n) is 2.16. The minimum absolute atomic E-state index is 0.168. The zero-order chi connectivity index (χ0) is 15.5. The van der Waals surface area contributed by atoms with Crippen LogP contribution in [0.15, 0.2) is 0 Å². The second-order valence-corrected chi connectivity index (χ2v) is 3.59. The van der Waals surface area contributed by atoms with Crippen molar-refractivity contribution in [3.8, 4) is 0 Å². The molecule has 0 fully saturated rings. The van der Waals surface area contributed by atoms with Crippen molar-refractivity contribution < 1.29 is 38.1 Å². The van der Waals surface area contributed by atoms with E-state index in [1.165, 1.54) is 0 Å². The average Bonchev–Trinajstić information content (AvgIpc) is 2.43. The molecule has 0 amide bonds. The van der Waals surface area contributed by atoms with Crippen molar-refractivity contribution >= 4 is 23.9 Å². The third-order valence-corrected chi connectivity index (χ3v) is 2.16.